The summed E-state index contributed by atoms with van der Waals surface area (Å²) in [6.45, 7) is 2.02. The Morgan fingerprint density at radius 1 is 1.15 bits per heavy atom. The molecule has 0 aromatic heterocycles. The summed E-state index contributed by atoms with van der Waals surface area (Å²) in [5.41, 5.74) is 3.54. The van der Waals surface area contributed by atoms with Gasteiger partial charge in [-0.3, -0.25) is 0 Å². The van der Waals surface area contributed by atoms with E-state index in [4.69, 9.17) is 0 Å². The summed E-state index contributed by atoms with van der Waals surface area (Å²) < 4.78 is 14.8. The molecule has 0 spiro atoms. The second-order valence-electron chi connectivity index (χ2n) is 5.43. The summed E-state index contributed by atoms with van der Waals surface area (Å²) in [4.78, 5) is 0. The first-order valence-electron chi connectivity index (χ1n) is 6.91. The second kappa shape index (κ2) is 5.66. The maximum absolute atomic E-state index is 13.9. The van der Waals surface area contributed by atoms with E-state index in [2.05, 4.69) is 45.5 Å². The Hall–Kier alpha value is -1.19. The Morgan fingerprint density at radius 2 is 1.80 bits per heavy atom. The largest absolute Gasteiger partial charge is 0.307 e. The van der Waals surface area contributed by atoms with Gasteiger partial charge in [0.1, 0.15) is 5.82 Å². The van der Waals surface area contributed by atoms with E-state index in [0.29, 0.717) is 6.04 Å². The summed E-state index contributed by atoms with van der Waals surface area (Å²) in [5.74, 6) is -0.149. The average Bonchev–Trinajstić information content (AvgIpc) is 2.83. The molecule has 1 N–H and O–H groups in total. The van der Waals surface area contributed by atoms with Gasteiger partial charge in [0.25, 0.3) is 0 Å². The van der Waals surface area contributed by atoms with Crippen LogP contribution in [0, 0.1) is 5.82 Å². The number of halogens is 2. The Labute approximate surface area is 127 Å². The minimum atomic E-state index is -0.149. The molecule has 0 bridgehead atoms. The van der Waals surface area contributed by atoms with Gasteiger partial charge in [0.05, 0.1) is 0 Å². The van der Waals surface area contributed by atoms with Crippen LogP contribution >= 0.6 is 15.9 Å². The zero-order chi connectivity index (χ0) is 14.1. The lowest BCUT2D eigenvalue weighted by Gasteiger charge is -2.20. The first-order chi connectivity index (χ1) is 9.63. The predicted octanol–water partition coefficient (Wildman–Crippen LogP) is 4.41. The third-order valence-corrected chi connectivity index (χ3v) is 4.45. The molecule has 1 nitrogen and oxygen atoms in total. The van der Waals surface area contributed by atoms with Crippen LogP contribution in [0.25, 0.3) is 0 Å². The highest BCUT2D eigenvalue weighted by atomic mass is 79.9. The Kier molecular flexibility index (Phi) is 3.90. The highest BCUT2D eigenvalue weighted by molar-refractivity contribution is 9.10. The topological polar surface area (TPSA) is 12.0 Å². The van der Waals surface area contributed by atoms with Gasteiger partial charge >= 0.3 is 0 Å². The Morgan fingerprint density at radius 3 is 2.45 bits per heavy atom. The molecule has 0 saturated heterocycles. The average molecular weight is 334 g/mol. The zero-order valence-electron chi connectivity index (χ0n) is 11.4. The molecule has 1 aliphatic rings. The van der Waals surface area contributed by atoms with Crippen molar-refractivity contribution in [2.75, 3.05) is 0 Å². The number of rotatable bonds is 3. The van der Waals surface area contributed by atoms with Crippen LogP contribution in [0.5, 0.6) is 0 Å². The van der Waals surface area contributed by atoms with Gasteiger partial charge in [-0.15, -0.1) is 0 Å². The Bertz CT molecular complexity index is 601. The van der Waals surface area contributed by atoms with Gasteiger partial charge < -0.3 is 5.32 Å². The zero-order valence-corrected chi connectivity index (χ0v) is 13.0. The van der Waals surface area contributed by atoms with Crippen LogP contribution < -0.4 is 5.32 Å². The molecular weight excluding hydrogens is 317 g/mol. The summed E-state index contributed by atoms with van der Waals surface area (Å²) in [5, 5.41) is 3.55. The molecule has 104 valence electrons. The normalized spacial score (nSPS) is 16.1. The highest BCUT2D eigenvalue weighted by Crippen LogP contribution is 2.26. The molecule has 1 atom stereocenters. The van der Waals surface area contributed by atoms with E-state index < -0.39 is 0 Å². The molecule has 20 heavy (non-hydrogen) atoms. The predicted molar refractivity (Wildman–Crippen MR) is 83.3 cm³/mol. The lowest BCUT2D eigenvalue weighted by atomic mass is 10.1. The van der Waals surface area contributed by atoms with E-state index in [1.165, 1.54) is 17.2 Å². The van der Waals surface area contributed by atoms with Crippen LogP contribution in [-0.4, -0.2) is 6.04 Å². The van der Waals surface area contributed by atoms with E-state index in [1.807, 2.05) is 13.0 Å². The monoisotopic (exact) mass is 333 g/mol. The molecule has 3 rings (SSSR count). The fraction of sp³-hybridized carbons (Fsp3) is 0.294. The first-order valence-corrected chi connectivity index (χ1v) is 7.70. The lowest BCUT2D eigenvalue weighted by molar-refractivity contribution is 0.452. The van der Waals surface area contributed by atoms with Crippen LogP contribution in [0.3, 0.4) is 0 Å². The van der Waals surface area contributed by atoms with Crippen molar-refractivity contribution in [2.24, 2.45) is 0 Å². The van der Waals surface area contributed by atoms with Gasteiger partial charge in [0.15, 0.2) is 0 Å². The SMILES string of the molecule is CC(NC1Cc2ccccc2C1)c1cc(Br)ccc1F. The van der Waals surface area contributed by atoms with Gasteiger partial charge in [-0.05, 0) is 49.1 Å². The third-order valence-electron chi connectivity index (χ3n) is 3.96. The van der Waals surface area contributed by atoms with Crippen molar-refractivity contribution in [2.45, 2.75) is 31.8 Å². The van der Waals surface area contributed by atoms with Crippen molar-refractivity contribution in [3.8, 4) is 0 Å². The molecule has 0 saturated carbocycles. The molecule has 0 radical (unpaired) electrons. The number of fused-ring (bicyclic) bond motifs is 1. The molecule has 0 amide bonds. The summed E-state index contributed by atoms with van der Waals surface area (Å²) in [6.07, 6.45) is 2.05. The molecule has 0 aliphatic heterocycles. The summed E-state index contributed by atoms with van der Waals surface area (Å²) >= 11 is 3.41. The van der Waals surface area contributed by atoms with E-state index >= 15 is 0 Å². The lowest BCUT2D eigenvalue weighted by Crippen LogP contribution is -2.32. The standard InChI is InChI=1S/C17H17BrFN/c1-11(16-10-14(18)6-7-17(16)19)20-15-8-12-4-2-3-5-13(12)9-15/h2-7,10-11,15,20H,8-9H2,1H3. The molecule has 2 aromatic rings. The smallest absolute Gasteiger partial charge is 0.128 e. The number of nitrogens with one attached hydrogen (secondary N) is 1. The maximum Gasteiger partial charge on any atom is 0.128 e. The van der Waals surface area contributed by atoms with Gasteiger partial charge in [-0.1, -0.05) is 40.2 Å². The highest BCUT2D eigenvalue weighted by Gasteiger charge is 2.23. The minimum absolute atomic E-state index is 0.00631. The Balaban J connectivity index is 1.72. The van der Waals surface area contributed by atoms with Crippen LogP contribution in [0.1, 0.15) is 29.7 Å². The van der Waals surface area contributed by atoms with Crippen molar-refractivity contribution in [1.82, 2.24) is 5.32 Å². The second-order valence-corrected chi connectivity index (χ2v) is 6.34. The third kappa shape index (κ3) is 2.79. The fourth-order valence-electron chi connectivity index (χ4n) is 2.97. The van der Waals surface area contributed by atoms with Crippen LogP contribution in [0.2, 0.25) is 0 Å². The molecule has 1 aliphatic carbocycles. The van der Waals surface area contributed by atoms with Crippen molar-refractivity contribution < 1.29 is 4.39 Å². The molecule has 0 heterocycles. The van der Waals surface area contributed by atoms with Crippen LogP contribution in [0.15, 0.2) is 46.9 Å². The van der Waals surface area contributed by atoms with Gasteiger partial charge in [-0.25, -0.2) is 4.39 Å². The van der Waals surface area contributed by atoms with E-state index in [1.54, 1.807) is 6.07 Å². The summed E-state index contributed by atoms with van der Waals surface area (Å²) in [7, 11) is 0. The van der Waals surface area contributed by atoms with E-state index in [9.17, 15) is 4.39 Å². The number of hydrogen-bond acceptors (Lipinski definition) is 1. The molecule has 3 heteroatoms. The number of benzene rings is 2. The fourth-order valence-corrected chi connectivity index (χ4v) is 3.35. The van der Waals surface area contributed by atoms with Crippen molar-refractivity contribution in [3.05, 3.63) is 69.4 Å². The minimum Gasteiger partial charge on any atom is -0.307 e. The molecule has 0 fully saturated rings. The molecular formula is C17H17BrFN. The summed E-state index contributed by atoms with van der Waals surface area (Å²) in [6, 6.07) is 14.0. The quantitative estimate of drug-likeness (QED) is 0.877. The first kappa shape index (κ1) is 13.8. The van der Waals surface area contributed by atoms with E-state index in [0.717, 1.165) is 22.9 Å². The van der Waals surface area contributed by atoms with Gasteiger partial charge in [0.2, 0.25) is 0 Å². The van der Waals surface area contributed by atoms with Crippen molar-refractivity contribution in [1.29, 1.82) is 0 Å². The number of hydrogen-bond donors (Lipinski definition) is 1. The van der Waals surface area contributed by atoms with E-state index in [-0.39, 0.29) is 11.9 Å². The molecule has 2 aromatic carbocycles. The maximum atomic E-state index is 13.9. The molecule has 1 unspecified atom stereocenters. The van der Waals surface area contributed by atoms with Gasteiger partial charge in [0, 0.05) is 22.1 Å². The van der Waals surface area contributed by atoms with Crippen LogP contribution in [-0.2, 0) is 12.8 Å². The van der Waals surface area contributed by atoms with Crippen molar-refractivity contribution >= 4 is 15.9 Å². The van der Waals surface area contributed by atoms with Gasteiger partial charge in [-0.2, -0.15) is 0 Å². The van der Waals surface area contributed by atoms with Crippen LogP contribution in [0.4, 0.5) is 4.39 Å². The van der Waals surface area contributed by atoms with Crippen molar-refractivity contribution in [3.63, 3.8) is 0 Å².